The average molecular weight is 435 g/mol. The summed E-state index contributed by atoms with van der Waals surface area (Å²) in [7, 11) is 0. The average Bonchev–Trinajstić information content (AvgIpc) is 0. The molecular weight excluding hydrogens is 433 g/mol. The van der Waals surface area contributed by atoms with Gasteiger partial charge < -0.3 is 37.9 Å². The summed E-state index contributed by atoms with van der Waals surface area (Å²) in [6, 6.07) is 0. The van der Waals surface area contributed by atoms with Gasteiger partial charge in [0.1, 0.15) is 0 Å². The van der Waals surface area contributed by atoms with E-state index >= 15 is 0 Å². The molecule has 0 spiro atoms. The van der Waals surface area contributed by atoms with Gasteiger partial charge >= 0.3 is 81.9 Å². The van der Waals surface area contributed by atoms with E-state index < -0.39 is 0 Å². The minimum absolute atomic E-state index is 0. The number of rotatable bonds is 0. The molecule has 0 aromatic heterocycles. The molecule has 0 saturated heterocycles. The molecule has 0 aliphatic carbocycles. The molecule has 2 nitrogen and oxygen atoms in total. The summed E-state index contributed by atoms with van der Waals surface area (Å²) in [6.45, 7) is 0. The molecule has 0 aromatic rings. The minimum Gasteiger partial charge on any atom is -2.00 e. The van der Waals surface area contributed by atoms with Gasteiger partial charge in [-0.3, -0.25) is 0 Å². The van der Waals surface area contributed by atoms with Gasteiger partial charge in [0, 0.05) is 0 Å². The molecule has 0 fully saturated rings. The zero-order chi connectivity index (χ0) is 0. The minimum atomic E-state index is 0. The summed E-state index contributed by atoms with van der Waals surface area (Å²) in [5.74, 6) is 0. The summed E-state index contributed by atoms with van der Waals surface area (Å²) in [4.78, 5) is 0. The Morgan fingerprint density at radius 1 is 0.429 bits per heavy atom. The second kappa shape index (κ2) is 57.6. The molecule has 7 heavy (non-hydrogen) atoms. The van der Waals surface area contributed by atoms with Gasteiger partial charge in [0.25, 0.3) is 0 Å². The molecule has 0 radical (unpaired) electrons. The van der Waals surface area contributed by atoms with Crippen molar-refractivity contribution < 1.29 is 92.8 Å². The predicted molar refractivity (Wildman–Crippen MR) is 18.6 cm³/mol. The van der Waals surface area contributed by atoms with Gasteiger partial charge in [-0.05, 0) is 0 Å². The first-order chi connectivity index (χ1) is 0. The van der Waals surface area contributed by atoms with E-state index in [4.69, 9.17) is 0 Å². The summed E-state index contributed by atoms with van der Waals surface area (Å²) in [6.07, 6.45) is 0. The molecule has 0 heterocycles. The molecule has 0 rings (SSSR count). The third-order valence-corrected chi connectivity index (χ3v) is 0. The molecular formula is H2Cd3O2S2. The molecule has 32 valence electrons. The normalized spacial score (nSPS) is 0. The Balaban J connectivity index is 0. The van der Waals surface area contributed by atoms with Gasteiger partial charge in [-0.2, -0.15) is 0 Å². The first-order valence-electron chi connectivity index (χ1n) is 0. The Bertz CT molecular complexity index is 10.9. The van der Waals surface area contributed by atoms with E-state index in [2.05, 4.69) is 0 Å². The van der Waals surface area contributed by atoms with Gasteiger partial charge in [0.2, 0.25) is 0 Å². The smallest absolute Gasteiger partial charge is 2.00 e. The van der Waals surface area contributed by atoms with E-state index in [1.165, 1.54) is 0 Å². The molecule has 0 saturated carbocycles. The number of hydrogen-bond donors (Lipinski definition) is 0. The van der Waals surface area contributed by atoms with Crippen molar-refractivity contribution in [2.45, 2.75) is 0 Å². The third kappa shape index (κ3) is 44.7. The fourth-order valence-corrected chi connectivity index (χ4v) is 0. The zero-order valence-corrected chi connectivity index (χ0v) is 17.6. The molecule has 7 heteroatoms. The van der Waals surface area contributed by atoms with E-state index in [9.17, 15) is 0 Å². The maximum Gasteiger partial charge on any atom is 2.00 e. The van der Waals surface area contributed by atoms with Crippen molar-refractivity contribution in [2.75, 3.05) is 0 Å². The first-order valence-corrected chi connectivity index (χ1v) is 0. The first kappa shape index (κ1) is 79.8. The van der Waals surface area contributed by atoms with Crippen molar-refractivity contribution in [3.63, 3.8) is 0 Å². The van der Waals surface area contributed by atoms with Gasteiger partial charge in [-0.1, -0.05) is 0 Å². The van der Waals surface area contributed by atoms with Crippen LogP contribution in [0.4, 0.5) is 0 Å². The third-order valence-electron chi connectivity index (χ3n) is 0. The van der Waals surface area contributed by atoms with E-state index in [-0.39, 0.29) is 120 Å². The van der Waals surface area contributed by atoms with E-state index in [0.29, 0.717) is 0 Å². The molecule has 0 amide bonds. The standard InChI is InChI=1S/3Cd.2H2O.2S/h;;;2*1H2;;/q3*+2;;;2*-2/p-2. The van der Waals surface area contributed by atoms with Crippen molar-refractivity contribution in [1.82, 2.24) is 0 Å². The van der Waals surface area contributed by atoms with Gasteiger partial charge in [0.15, 0.2) is 0 Å². The second-order valence-corrected chi connectivity index (χ2v) is 0. The van der Waals surface area contributed by atoms with Gasteiger partial charge in [-0.25, -0.2) is 0 Å². The Morgan fingerprint density at radius 3 is 0.429 bits per heavy atom. The Hall–Kier alpha value is 3.39. The SMILES string of the molecule is [Cd+2].[Cd+2].[Cd+2].[OH-].[OH-].[S-2].[S-2]. The van der Waals surface area contributed by atoms with Crippen molar-refractivity contribution in [3.8, 4) is 0 Å². The molecule has 0 aliphatic heterocycles. The molecule has 0 aromatic carbocycles. The van der Waals surface area contributed by atoms with E-state index in [1.807, 2.05) is 0 Å². The van der Waals surface area contributed by atoms with Gasteiger partial charge in [-0.15, -0.1) is 0 Å². The van der Waals surface area contributed by atoms with Crippen LogP contribution in [0.3, 0.4) is 0 Å². The molecule has 0 bridgehead atoms. The van der Waals surface area contributed by atoms with Crippen molar-refractivity contribution in [2.24, 2.45) is 0 Å². The Kier molecular flexibility index (Phi) is 656. The Labute approximate surface area is 118 Å². The topological polar surface area (TPSA) is 60.0 Å². The quantitative estimate of drug-likeness (QED) is 0.488. The van der Waals surface area contributed by atoms with Crippen LogP contribution in [0.2, 0.25) is 0 Å². The monoisotopic (exact) mass is 440 g/mol. The maximum absolute atomic E-state index is 0. The van der Waals surface area contributed by atoms with Crippen LogP contribution in [-0.4, -0.2) is 11.0 Å². The van der Waals surface area contributed by atoms with Crippen LogP contribution in [0.25, 0.3) is 0 Å². The fourth-order valence-electron chi connectivity index (χ4n) is 0. The van der Waals surface area contributed by atoms with Crippen LogP contribution in [0.15, 0.2) is 0 Å². The van der Waals surface area contributed by atoms with Crippen LogP contribution in [0, 0.1) is 0 Å². The summed E-state index contributed by atoms with van der Waals surface area (Å²) >= 11 is 0. The van der Waals surface area contributed by atoms with Crippen molar-refractivity contribution >= 4 is 27.0 Å². The number of hydrogen-bond acceptors (Lipinski definition) is 2. The molecule has 0 aliphatic rings. The van der Waals surface area contributed by atoms with Crippen LogP contribution < -0.4 is 0 Å². The van der Waals surface area contributed by atoms with Gasteiger partial charge in [0.05, 0.1) is 0 Å². The van der Waals surface area contributed by atoms with Crippen molar-refractivity contribution in [3.05, 3.63) is 0 Å². The molecule has 0 atom stereocenters. The van der Waals surface area contributed by atoms with Crippen molar-refractivity contribution in [1.29, 1.82) is 0 Å². The zero-order valence-electron chi connectivity index (χ0n) is 3.83. The summed E-state index contributed by atoms with van der Waals surface area (Å²) in [5, 5.41) is 0. The Morgan fingerprint density at radius 2 is 0.429 bits per heavy atom. The molecule has 2 N–H and O–H groups in total. The van der Waals surface area contributed by atoms with Crippen LogP contribution in [0.5, 0.6) is 0 Å². The second-order valence-electron chi connectivity index (χ2n) is 0. The van der Waals surface area contributed by atoms with E-state index in [1.54, 1.807) is 0 Å². The van der Waals surface area contributed by atoms with Crippen LogP contribution >= 0.6 is 0 Å². The summed E-state index contributed by atoms with van der Waals surface area (Å²) in [5.41, 5.74) is 0. The molecule has 0 unspecified atom stereocenters. The maximum atomic E-state index is 0. The largest absolute Gasteiger partial charge is 2.00 e. The summed E-state index contributed by atoms with van der Waals surface area (Å²) < 4.78 is 0. The van der Waals surface area contributed by atoms with E-state index in [0.717, 1.165) is 0 Å². The van der Waals surface area contributed by atoms with Crippen LogP contribution in [0.1, 0.15) is 0 Å². The van der Waals surface area contributed by atoms with Crippen LogP contribution in [-0.2, 0) is 109 Å². The fraction of sp³-hybridized carbons (Fsp3) is 0. The predicted octanol–water partition coefficient (Wildman–Crippen LogP) is -0.366.